The summed E-state index contributed by atoms with van der Waals surface area (Å²) in [4.78, 5) is 17.1. The number of thiazole rings is 1. The molecular formula is C19H18N2O2S. The lowest BCUT2D eigenvalue weighted by Crippen LogP contribution is -2.25. The van der Waals surface area contributed by atoms with E-state index in [2.05, 4.69) is 11.1 Å². The molecule has 3 aromatic rings. The number of nitrogens with zero attached hydrogens (tertiary/aromatic N) is 2. The van der Waals surface area contributed by atoms with E-state index in [0.717, 1.165) is 27.3 Å². The van der Waals surface area contributed by atoms with Crippen molar-refractivity contribution in [1.29, 1.82) is 0 Å². The number of aryl methyl sites for hydroxylation is 1. The van der Waals surface area contributed by atoms with Crippen molar-refractivity contribution in [2.24, 2.45) is 0 Å². The topological polar surface area (TPSA) is 53.4 Å². The van der Waals surface area contributed by atoms with E-state index in [1.54, 1.807) is 23.3 Å². The van der Waals surface area contributed by atoms with Crippen molar-refractivity contribution in [3.63, 3.8) is 0 Å². The summed E-state index contributed by atoms with van der Waals surface area (Å²) in [6, 6.07) is 14.0. The molecule has 1 aromatic heterocycles. The van der Waals surface area contributed by atoms with Crippen molar-refractivity contribution in [2.75, 3.05) is 18.5 Å². The van der Waals surface area contributed by atoms with Crippen LogP contribution in [0.5, 0.6) is 0 Å². The van der Waals surface area contributed by atoms with Gasteiger partial charge < -0.3 is 10.0 Å². The molecular weight excluding hydrogens is 320 g/mol. The van der Waals surface area contributed by atoms with Gasteiger partial charge in [0.1, 0.15) is 11.6 Å². The molecule has 0 radical (unpaired) electrons. The number of fused-ring (bicyclic) bond motifs is 1. The highest BCUT2D eigenvalue weighted by Crippen LogP contribution is 2.24. The quantitative estimate of drug-likeness (QED) is 0.754. The number of carbonyl (C=O) groups is 1. The van der Waals surface area contributed by atoms with Crippen LogP contribution in [-0.4, -0.2) is 29.7 Å². The number of anilines is 1. The largest absolute Gasteiger partial charge is 0.480 e. The lowest BCUT2D eigenvalue weighted by atomic mass is 10.1. The number of rotatable bonds is 5. The molecule has 2 aromatic carbocycles. The summed E-state index contributed by atoms with van der Waals surface area (Å²) in [5, 5.41) is 9.86. The predicted octanol–water partition coefficient (Wildman–Crippen LogP) is 4.30. The Morgan fingerprint density at radius 2 is 2.04 bits per heavy atom. The van der Waals surface area contributed by atoms with Gasteiger partial charge in [-0.05, 0) is 48.4 Å². The second-order valence-electron chi connectivity index (χ2n) is 5.64. The number of aromatic nitrogens is 1. The van der Waals surface area contributed by atoms with Gasteiger partial charge in [0, 0.05) is 12.7 Å². The zero-order valence-corrected chi connectivity index (χ0v) is 14.4. The van der Waals surface area contributed by atoms with E-state index in [1.807, 2.05) is 55.5 Å². The maximum Gasteiger partial charge on any atom is 0.323 e. The molecule has 0 spiro atoms. The molecule has 0 aliphatic heterocycles. The van der Waals surface area contributed by atoms with E-state index in [9.17, 15) is 4.79 Å². The van der Waals surface area contributed by atoms with E-state index < -0.39 is 5.97 Å². The third kappa shape index (κ3) is 3.63. The number of carboxylic acids is 1. The van der Waals surface area contributed by atoms with E-state index in [0.29, 0.717) is 0 Å². The number of hydrogen-bond donors (Lipinski definition) is 1. The van der Waals surface area contributed by atoms with Gasteiger partial charge in [0.25, 0.3) is 0 Å². The second kappa shape index (κ2) is 6.84. The smallest absolute Gasteiger partial charge is 0.323 e. The molecule has 0 bridgehead atoms. The summed E-state index contributed by atoms with van der Waals surface area (Å²) in [6.45, 7) is 2.01. The Hall–Kier alpha value is -2.66. The van der Waals surface area contributed by atoms with Crippen molar-refractivity contribution in [3.05, 3.63) is 58.6 Å². The minimum atomic E-state index is -0.838. The van der Waals surface area contributed by atoms with Gasteiger partial charge in [0.2, 0.25) is 0 Å². The van der Waals surface area contributed by atoms with Crippen molar-refractivity contribution in [1.82, 2.24) is 4.98 Å². The van der Waals surface area contributed by atoms with Gasteiger partial charge in [-0.25, -0.2) is 4.98 Å². The van der Waals surface area contributed by atoms with Crippen LogP contribution in [0, 0.1) is 6.92 Å². The Labute approximate surface area is 144 Å². The average Bonchev–Trinajstić information content (AvgIpc) is 2.95. The fraction of sp³-hybridized carbons (Fsp3) is 0.158. The Morgan fingerprint density at radius 3 is 2.75 bits per heavy atom. The molecule has 0 saturated carbocycles. The molecule has 0 aliphatic carbocycles. The van der Waals surface area contributed by atoms with Gasteiger partial charge in [-0.3, -0.25) is 4.79 Å². The lowest BCUT2D eigenvalue weighted by molar-refractivity contribution is -0.135. The van der Waals surface area contributed by atoms with Crippen molar-refractivity contribution < 1.29 is 9.90 Å². The summed E-state index contributed by atoms with van der Waals surface area (Å²) < 4.78 is 1.18. The normalized spacial score (nSPS) is 11.2. The summed E-state index contributed by atoms with van der Waals surface area (Å²) in [5.74, 6) is -0.838. The lowest BCUT2D eigenvalue weighted by Gasteiger charge is -2.17. The zero-order valence-electron chi connectivity index (χ0n) is 13.6. The molecule has 0 unspecified atom stereocenters. The Balaban J connectivity index is 1.80. The van der Waals surface area contributed by atoms with E-state index in [-0.39, 0.29) is 6.54 Å². The number of carboxylic acid groups (broad SMARTS) is 1. The monoisotopic (exact) mass is 338 g/mol. The standard InChI is InChI=1S/C19H18N2O2S/c1-13-11-15(21(2)12-19(22)23)9-7-14(13)8-10-18-20-16-5-3-4-6-17(16)24-18/h3-11H,12H2,1-2H3,(H,22,23). The fourth-order valence-electron chi connectivity index (χ4n) is 2.50. The highest BCUT2D eigenvalue weighted by molar-refractivity contribution is 7.19. The highest BCUT2D eigenvalue weighted by Gasteiger charge is 2.07. The van der Waals surface area contributed by atoms with Crippen LogP contribution in [0.2, 0.25) is 0 Å². The van der Waals surface area contributed by atoms with Crippen LogP contribution in [-0.2, 0) is 4.79 Å². The molecule has 24 heavy (non-hydrogen) atoms. The van der Waals surface area contributed by atoms with Crippen LogP contribution in [0.25, 0.3) is 22.4 Å². The van der Waals surface area contributed by atoms with Gasteiger partial charge in [-0.1, -0.05) is 24.3 Å². The SMILES string of the molecule is Cc1cc(N(C)CC(=O)O)ccc1C=Cc1nc2ccccc2s1. The van der Waals surface area contributed by atoms with E-state index in [4.69, 9.17) is 5.11 Å². The molecule has 1 N–H and O–H groups in total. The molecule has 0 aliphatic rings. The van der Waals surface area contributed by atoms with Crippen molar-refractivity contribution in [3.8, 4) is 0 Å². The van der Waals surface area contributed by atoms with Crippen LogP contribution in [0.15, 0.2) is 42.5 Å². The van der Waals surface area contributed by atoms with Crippen LogP contribution < -0.4 is 4.90 Å². The number of aliphatic carboxylic acids is 1. The molecule has 3 rings (SSSR count). The van der Waals surface area contributed by atoms with Gasteiger partial charge in [0.05, 0.1) is 10.2 Å². The summed E-state index contributed by atoms with van der Waals surface area (Å²) in [6.07, 6.45) is 4.07. The fourth-order valence-corrected chi connectivity index (χ4v) is 3.37. The average molecular weight is 338 g/mol. The van der Waals surface area contributed by atoms with Crippen molar-refractivity contribution in [2.45, 2.75) is 6.92 Å². The van der Waals surface area contributed by atoms with Crippen LogP contribution in [0.1, 0.15) is 16.1 Å². The molecule has 0 amide bonds. The Morgan fingerprint density at radius 1 is 1.25 bits per heavy atom. The number of para-hydroxylation sites is 1. The first-order chi connectivity index (χ1) is 11.5. The molecule has 1 heterocycles. The minimum absolute atomic E-state index is 0.0136. The highest BCUT2D eigenvalue weighted by atomic mass is 32.1. The maximum atomic E-state index is 10.8. The number of benzene rings is 2. The summed E-state index contributed by atoms with van der Waals surface area (Å²) >= 11 is 1.67. The molecule has 4 nitrogen and oxygen atoms in total. The number of hydrogen-bond acceptors (Lipinski definition) is 4. The first-order valence-corrected chi connectivity index (χ1v) is 8.42. The van der Waals surface area contributed by atoms with Gasteiger partial charge in [0.15, 0.2) is 0 Å². The third-order valence-electron chi connectivity index (χ3n) is 3.78. The molecule has 0 atom stereocenters. The third-order valence-corrected chi connectivity index (χ3v) is 4.78. The minimum Gasteiger partial charge on any atom is -0.480 e. The predicted molar refractivity (Wildman–Crippen MR) is 101 cm³/mol. The van der Waals surface area contributed by atoms with Gasteiger partial charge >= 0.3 is 5.97 Å². The summed E-state index contributed by atoms with van der Waals surface area (Å²) in [7, 11) is 1.78. The number of likely N-dealkylation sites (N-methyl/N-ethyl adjacent to an activating group) is 1. The van der Waals surface area contributed by atoms with Gasteiger partial charge in [-0.2, -0.15) is 0 Å². The van der Waals surface area contributed by atoms with E-state index >= 15 is 0 Å². The van der Waals surface area contributed by atoms with Crippen LogP contribution in [0.3, 0.4) is 0 Å². The van der Waals surface area contributed by atoms with Gasteiger partial charge in [-0.15, -0.1) is 11.3 Å². The second-order valence-corrected chi connectivity index (χ2v) is 6.71. The molecule has 5 heteroatoms. The Bertz CT molecular complexity index is 882. The van der Waals surface area contributed by atoms with Crippen LogP contribution >= 0.6 is 11.3 Å². The first kappa shape index (κ1) is 16.2. The molecule has 0 fully saturated rings. The van der Waals surface area contributed by atoms with E-state index in [1.165, 1.54) is 4.70 Å². The van der Waals surface area contributed by atoms with Crippen molar-refractivity contribution >= 4 is 45.4 Å². The molecule has 122 valence electrons. The Kier molecular flexibility index (Phi) is 4.62. The first-order valence-electron chi connectivity index (χ1n) is 7.60. The van der Waals surface area contributed by atoms with Crippen LogP contribution in [0.4, 0.5) is 5.69 Å². The maximum absolute atomic E-state index is 10.8. The molecule has 0 saturated heterocycles. The zero-order chi connectivity index (χ0) is 17.1. The summed E-state index contributed by atoms with van der Waals surface area (Å²) in [5.41, 5.74) is 4.11.